The third kappa shape index (κ3) is 6.97. The monoisotopic (exact) mass is 263 g/mol. The van der Waals surface area contributed by atoms with Gasteiger partial charge in [0.15, 0.2) is 0 Å². The zero-order valence-corrected chi connectivity index (χ0v) is 12.2. The Hall–Kier alpha value is -1.35. The molecule has 1 unspecified atom stereocenters. The van der Waals surface area contributed by atoms with Crippen LogP contribution in [0.2, 0.25) is 0 Å². The fourth-order valence-electron chi connectivity index (χ4n) is 1.66. The number of ether oxygens (including phenoxy) is 1. The number of carbonyl (C=O) groups excluding carboxylic acids is 1. The van der Waals surface area contributed by atoms with E-state index in [9.17, 15) is 4.79 Å². The normalized spacial score (nSPS) is 12.4. The summed E-state index contributed by atoms with van der Waals surface area (Å²) in [7, 11) is 0. The van der Waals surface area contributed by atoms with Crippen molar-refractivity contribution in [3.05, 3.63) is 35.9 Å². The average Bonchev–Trinajstić information content (AvgIpc) is 2.41. The largest absolute Gasteiger partial charge is 0.461 e. The van der Waals surface area contributed by atoms with Crippen molar-refractivity contribution in [3.8, 4) is 0 Å². The molecule has 0 aliphatic heterocycles. The van der Waals surface area contributed by atoms with Gasteiger partial charge in [0.1, 0.15) is 6.61 Å². The standard InChI is InChI=1S/C16H25NO2/c1-13(2)9-10-17-11-14(3)16(18)19-12-15-7-5-4-6-8-15/h4-8,13-14,17H,9-12H2,1-3H3. The first-order chi connectivity index (χ1) is 9.09. The number of rotatable bonds is 8. The molecular formula is C16H25NO2. The van der Waals surface area contributed by atoms with Crippen molar-refractivity contribution in [1.82, 2.24) is 5.32 Å². The molecule has 0 aliphatic rings. The van der Waals surface area contributed by atoms with Gasteiger partial charge in [0, 0.05) is 6.54 Å². The molecule has 1 aromatic rings. The fourth-order valence-corrected chi connectivity index (χ4v) is 1.66. The van der Waals surface area contributed by atoms with E-state index in [0.717, 1.165) is 18.5 Å². The van der Waals surface area contributed by atoms with E-state index in [1.165, 1.54) is 0 Å². The second kappa shape index (κ2) is 8.70. The molecule has 0 spiro atoms. The highest BCUT2D eigenvalue weighted by Crippen LogP contribution is 2.04. The van der Waals surface area contributed by atoms with Crippen molar-refractivity contribution in [2.75, 3.05) is 13.1 Å². The number of hydrogen-bond acceptors (Lipinski definition) is 3. The lowest BCUT2D eigenvalue weighted by atomic mass is 10.1. The van der Waals surface area contributed by atoms with Crippen molar-refractivity contribution in [2.24, 2.45) is 11.8 Å². The third-order valence-corrected chi connectivity index (χ3v) is 2.98. The number of nitrogens with one attached hydrogen (secondary N) is 1. The van der Waals surface area contributed by atoms with Gasteiger partial charge in [-0.05, 0) is 24.4 Å². The zero-order chi connectivity index (χ0) is 14.1. The van der Waals surface area contributed by atoms with Gasteiger partial charge < -0.3 is 10.1 Å². The average molecular weight is 263 g/mol. The van der Waals surface area contributed by atoms with E-state index in [2.05, 4.69) is 19.2 Å². The minimum Gasteiger partial charge on any atom is -0.461 e. The van der Waals surface area contributed by atoms with E-state index in [1.807, 2.05) is 37.3 Å². The van der Waals surface area contributed by atoms with Crippen LogP contribution in [0.5, 0.6) is 0 Å². The molecule has 3 heteroatoms. The van der Waals surface area contributed by atoms with Gasteiger partial charge in [-0.25, -0.2) is 0 Å². The van der Waals surface area contributed by atoms with Crippen molar-refractivity contribution in [2.45, 2.75) is 33.8 Å². The summed E-state index contributed by atoms with van der Waals surface area (Å²) in [6, 6.07) is 9.75. The van der Waals surface area contributed by atoms with Crippen LogP contribution in [-0.2, 0) is 16.1 Å². The minimum atomic E-state index is -0.138. The Bertz CT molecular complexity index is 362. The zero-order valence-electron chi connectivity index (χ0n) is 12.2. The lowest BCUT2D eigenvalue weighted by Crippen LogP contribution is -2.29. The Morgan fingerprint density at radius 1 is 1.21 bits per heavy atom. The van der Waals surface area contributed by atoms with Crippen LogP contribution in [-0.4, -0.2) is 19.1 Å². The lowest BCUT2D eigenvalue weighted by Gasteiger charge is -2.13. The molecule has 0 aliphatic carbocycles. The summed E-state index contributed by atoms with van der Waals surface area (Å²) in [5.41, 5.74) is 1.02. The number of carbonyl (C=O) groups is 1. The molecule has 0 radical (unpaired) electrons. The van der Waals surface area contributed by atoms with E-state index >= 15 is 0 Å². The molecule has 19 heavy (non-hydrogen) atoms. The van der Waals surface area contributed by atoms with Crippen LogP contribution in [0, 0.1) is 11.8 Å². The van der Waals surface area contributed by atoms with Gasteiger partial charge in [0.2, 0.25) is 0 Å². The second-order valence-electron chi connectivity index (χ2n) is 5.38. The molecular weight excluding hydrogens is 238 g/mol. The Morgan fingerprint density at radius 2 is 1.89 bits per heavy atom. The van der Waals surface area contributed by atoms with E-state index in [4.69, 9.17) is 4.74 Å². The third-order valence-electron chi connectivity index (χ3n) is 2.98. The van der Waals surface area contributed by atoms with Crippen molar-refractivity contribution in [1.29, 1.82) is 0 Å². The molecule has 0 aromatic heterocycles. The van der Waals surface area contributed by atoms with E-state index in [1.54, 1.807) is 0 Å². The second-order valence-corrected chi connectivity index (χ2v) is 5.38. The van der Waals surface area contributed by atoms with Crippen LogP contribution in [0.1, 0.15) is 32.8 Å². The first-order valence-electron chi connectivity index (χ1n) is 7.01. The number of hydrogen-bond donors (Lipinski definition) is 1. The summed E-state index contributed by atoms with van der Waals surface area (Å²) in [6.07, 6.45) is 1.13. The highest BCUT2D eigenvalue weighted by atomic mass is 16.5. The van der Waals surface area contributed by atoms with Gasteiger partial charge in [-0.2, -0.15) is 0 Å². The van der Waals surface area contributed by atoms with Crippen LogP contribution in [0.4, 0.5) is 0 Å². The molecule has 0 bridgehead atoms. The maximum Gasteiger partial charge on any atom is 0.310 e. The Kier molecular flexibility index (Phi) is 7.19. The molecule has 3 nitrogen and oxygen atoms in total. The molecule has 0 amide bonds. The summed E-state index contributed by atoms with van der Waals surface area (Å²) in [5.74, 6) is 0.449. The molecule has 106 valence electrons. The Balaban J connectivity index is 2.18. The van der Waals surface area contributed by atoms with Crippen molar-refractivity contribution in [3.63, 3.8) is 0 Å². The minimum absolute atomic E-state index is 0.101. The van der Waals surface area contributed by atoms with Crippen molar-refractivity contribution < 1.29 is 9.53 Å². The van der Waals surface area contributed by atoms with Crippen LogP contribution < -0.4 is 5.32 Å². The summed E-state index contributed by atoms with van der Waals surface area (Å²) in [4.78, 5) is 11.8. The van der Waals surface area contributed by atoms with Crippen LogP contribution in [0.15, 0.2) is 30.3 Å². The van der Waals surface area contributed by atoms with E-state index in [-0.39, 0.29) is 11.9 Å². The summed E-state index contributed by atoms with van der Waals surface area (Å²) in [5, 5.41) is 3.29. The SMILES string of the molecule is CC(C)CCNCC(C)C(=O)OCc1ccccc1. The first-order valence-corrected chi connectivity index (χ1v) is 7.01. The molecule has 0 heterocycles. The summed E-state index contributed by atoms with van der Waals surface area (Å²) in [6.45, 7) is 8.28. The Morgan fingerprint density at radius 3 is 2.53 bits per heavy atom. The fraction of sp³-hybridized carbons (Fsp3) is 0.562. The van der Waals surface area contributed by atoms with Gasteiger partial charge in [-0.1, -0.05) is 51.1 Å². The van der Waals surface area contributed by atoms with Gasteiger partial charge >= 0.3 is 5.97 Å². The molecule has 0 saturated heterocycles. The molecule has 0 fully saturated rings. The van der Waals surface area contributed by atoms with Gasteiger partial charge in [-0.15, -0.1) is 0 Å². The van der Waals surface area contributed by atoms with Gasteiger partial charge in [0.05, 0.1) is 5.92 Å². The van der Waals surface area contributed by atoms with Crippen LogP contribution in [0.25, 0.3) is 0 Å². The lowest BCUT2D eigenvalue weighted by molar-refractivity contribution is -0.149. The number of benzene rings is 1. The summed E-state index contributed by atoms with van der Waals surface area (Å²) >= 11 is 0. The molecule has 1 atom stereocenters. The first kappa shape index (κ1) is 15.7. The molecule has 1 rings (SSSR count). The highest BCUT2D eigenvalue weighted by Gasteiger charge is 2.13. The Labute approximate surface area is 116 Å². The van der Waals surface area contributed by atoms with Crippen molar-refractivity contribution >= 4 is 5.97 Å². The quantitative estimate of drug-likeness (QED) is 0.579. The van der Waals surface area contributed by atoms with E-state index in [0.29, 0.717) is 19.1 Å². The van der Waals surface area contributed by atoms with Crippen LogP contribution >= 0.6 is 0 Å². The molecule has 1 N–H and O–H groups in total. The highest BCUT2D eigenvalue weighted by molar-refractivity contribution is 5.72. The topological polar surface area (TPSA) is 38.3 Å². The maximum absolute atomic E-state index is 11.8. The predicted molar refractivity (Wildman–Crippen MR) is 77.7 cm³/mol. The molecule has 1 aromatic carbocycles. The van der Waals surface area contributed by atoms with Gasteiger partial charge in [-0.3, -0.25) is 4.79 Å². The van der Waals surface area contributed by atoms with Gasteiger partial charge in [0.25, 0.3) is 0 Å². The number of esters is 1. The van der Waals surface area contributed by atoms with Crippen LogP contribution in [0.3, 0.4) is 0 Å². The molecule has 0 saturated carbocycles. The smallest absolute Gasteiger partial charge is 0.310 e. The summed E-state index contributed by atoms with van der Waals surface area (Å²) < 4.78 is 5.29. The van der Waals surface area contributed by atoms with E-state index < -0.39 is 0 Å². The predicted octanol–water partition coefficient (Wildman–Crippen LogP) is 3.00. The maximum atomic E-state index is 11.8.